The first-order valence-corrected chi connectivity index (χ1v) is 7.33. The van der Waals surface area contributed by atoms with Gasteiger partial charge in [0.25, 0.3) is 5.91 Å². The molecule has 2 N–H and O–H groups in total. The fourth-order valence-electron chi connectivity index (χ4n) is 2.17. The molecule has 1 heterocycles. The molecule has 1 unspecified atom stereocenters. The van der Waals surface area contributed by atoms with Crippen molar-refractivity contribution in [2.45, 2.75) is 26.1 Å². The molecule has 0 bridgehead atoms. The summed E-state index contributed by atoms with van der Waals surface area (Å²) in [5.74, 6) is -2.43. The smallest absolute Gasteiger partial charge is 0.418 e. The van der Waals surface area contributed by atoms with Crippen LogP contribution in [0.2, 0.25) is 0 Å². The zero-order valence-electron chi connectivity index (χ0n) is 13.7. The summed E-state index contributed by atoms with van der Waals surface area (Å²) in [6.45, 7) is 2.54. The van der Waals surface area contributed by atoms with Crippen LogP contribution in [0.3, 0.4) is 0 Å². The van der Waals surface area contributed by atoms with E-state index in [-0.39, 0.29) is 11.4 Å². The number of nitrogens with one attached hydrogen (secondary N) is 1. The topological polar surface area (TPSA) is 101 Å². The van der Waals surface area contributed by atoms with Crippen LogP contribution in [-0.2, 0) is 11.0 Å². The van der Waals surface area contributed by atoms with E-state index in [1.54, 1.807) is 0 Å². The number of benzene rings is 1. The fraction of sp³-hybridized carbons (Fsp3) is 0.250. The third-order valence-electron chi connectivity index (χ3n) is 3.48. The molecule has 0 saturated carbocycles. The molecule has 1 atom stereocenters. The van der Waals surface area contributed by atoms with Crippen molar-refractivity contribution in [2.24, 2.45) is 0 Å². The average molecular weight is 369 g/mol. The van der Waals surface area contributed by atoms with Crippen molar-refractivity contribution >= 4 is 11.9 Å². The first-order chi connectivity index (χ1) is 12.0. The largest absolute Gasteiger partial charge is 0.480 e. The first kappa shape index (κ1) is 19.2. The molecule has 2 rings (SSSR count). The molecule has 0 fully saturated rings. The molecular formula is C16H14F3N3O4. The Morgan fingerprint density at radius 3 is 2.46 bits per heavy atom. The van der Waals surface area contributed by atoms with Crippen LogP contribution in [-0.4, -0.2) is 32.8 Å². The first-order valence-electron chi connectivity index (χ1n) is 7.33. The summed E-state index contributed by atoms with van der Waals surface area (Å²) in [6.07, 6.45) is -4.67. The summed E-state index contributed by atoms with van der Waals surface area (Å²) < 4.78 is 40.5. The van der Waals surface area contributed by atoms with Gasteiger partial charge in [0.05, 0.1) is 11.3 Å². The van der Waals surface area contributed by atoms with E-state index < -0.39 is 40.8 Å². The quantitative estimate of drug-likeness (QED) is 0.855. The minimum Gasteiger partial charge on any atom is -0.480 e. The van der Waals surface area contributed by atoms with Gasteiger partial charge in [-0.3, -0.25) is 14.4 Å². The average Bonchev–Trinajstić information content (AvgIpc) is 2.53. The van der Waals surface area contributed by atoms with Gasteiger partial charge in [-0.2, -0.15) is 18.3 Å². The molecule has 1 aromatic heterocycles. The van der Waals surface area contributed by atoms with Crippen LogP contribution in [0.25, 0.3) is 5.69 Å². The number of aromatic nitrogens is 2. The lowest BCUT2D eigenvalue weighted by Crippen LogP contribution is -2.41. The Hall–Kier alpha value is -3.17. The standard InChI is InChI=1S/C16H14F3N3O4/c1-8-7-12(23)13(14(24)20-9(2)15(25)26)21-22(8)11-6-4-3-5-10(11)16(17,18)19/h3-7,9H,1-2H3,(H,20,24)(H,25,26). The Balaban J connectivity index is 2.59. The zero-order valence-corrected chi connectivity index (χ0v) is 13.7. The van der Waals surface area contributed by atoms with Crippen LogP contribution in [0.4, 0.5) is 13.2 Å². The van der Waals surface area contributed by atoms with E-state index in [2.05, 4.69) is 5.10 Å². The molecule has 2 aromatic rings. The van der Waals surface area contributed by atoms with Gasteiger partial charge in [0.2, 0.25) is 5.43 Å². The number of nitrogens with zero attached hydrogens (tertiary/aromatic N) is 2. The minimum absolute atomic E-state index is 0.0783. The Morgan fingerprint density at radius 2 is 1.88 bits per heavy atom. The van der Waals surface area contributed by atoms with Gasteiger partial charge < -0.3 is 10.4 Å². The Bertz CT molecular complexity index is 922. The molecule has 0 aliphatic heterocycles. The fourth-order valence-corrected chi connectivity index (χ4v) is 2.17. The lowest BCUT2D eigenvalue weighted by atomic mass is 10.1. The Kier molecular flexibility index (Phi) is 5.15. The Labute approximate surface area is 145 Å². The van der Waals surface area contributed by atoms with Crippen LogP contribution >= 0.6 is 0 Å². The van der Waals surface area contributed by atoms with Gasteiger partial charge in [-0.15, -0.1) is 0 Å². The van der Waals surface area contributed by atoms with E-state index >= 15 is 0 Å². The maximum Gasteiger partial charge on any atom is 0.418 e. The molecule has 0 aliphatic rings. The van der Waals surface area contributed by atoms with Gasteiger partial charge in [0, 0.05) is 11.8 Å². The van der Waals surface area contributed by atoms with E-state index in [1.165, 1.54) is 26.0 Å². The predicted molar refractivity (Wildman–Crippen MR) is 84.1 cm³/mol. The Morgan fingerprint density at radius 1 is 1.27 bits per heavy atom. The highest BCUT2D eigenvalue weighted by Gasteiger charge is 2.34. The van der Waals surface area contributed by atoms with E-state index in [0.717, 1.165) is 22.9 Å². The number of alkyl halides is 3. The van der Waals surface area contributed by atoms with Crippen molar-refractivity contribution in [1.29, 1.82) is 0 Å². The van der Waals surface area contributed by atoms with Crippen molar-refractivity contribution in [3.63, 3.8) is 0 Å². The van der Waals surface area contributed by atoms with Gasteiger partial charge in [0.15, 0.2) is 5.69 Å². The minimum atomic E-state index is -4.67. The van der Waals surface area contributed by atoms with E-state index in [9.17, 15) is 27.6 Å². The molecule has 1 amide bonds. The van der Waals surface area contributed by atoms with Gasteiger partial charge in [-0.25, -0.2) is 4.68 Å². The molecule has 26 heavy (non-hydrogen) atoms. The van der Waals surface area contributed by atoms with Gasteiger partial charge in [-0.1, -0.05) is 12.1 Å². The number of aryl methyl sites for hydroxylation is 1. The molecule has 0 aliphatic carbocycles. The number of carboxylic acid groups (broad SMARTS) is 1. The maximum absolute atomic E-state index is 13.2. The number of aliphatic carboxylic acids is 1. The maximum atomic E-state index is 13.2. The normalized spacial score (nSPS) is 12.5. The summed E-state index contributed by atoms with van der Waals surface area (Å²) in [6, 6.07) is 4.21. The van der Waals surface area contributed by atoms with Crippen molar-refractivity contribution in [3.05, 3.63) is 57.5 Å². The van der Waals surface area contributed by atoms with Gasteiger partial charge in [-0.05, 0) is 26.0 Å². The number of carboxylic acids is 1. The van der Waals surface area contributed by atoms with Gasteiger partial charge >= 0.3 is 12.1 Å². The summed E-state index contributed by atoms with van der Waals surface area (Å²) >= 11 is 0. The molecule has 7 nitrogen and oxygen atoms in total. The number of hydrogen-bond acceptors (Lipinski definition) is 4. The summed E-state index contributed by atoms with van der Waals surface area (Å²) in [4.78, 5) is 34.9. The number of para-hydroxylation sites is 1. The second kappa shape index (κ2) is 6.98. The monoisotopic (exact) mass is 369 g/mol. The van der Waals surface area contributed by atoms with Crippen molar-refractivity contribution in [1.82, 2.24) is 15.1 Å². The van der Waals surface area contributed by atoms with Crippen molar-refractivity contribution in [3.8, 4) is 5.69 Å². The second-order valence-electron chi connectivity index (χ2n) is 5.46. The third-order valence-corrected chi connectivity index (χ3v) is 3.48. The zero-order chi connectivity index (χ0) is 19.6. The van der Waals surface area contributed by atoms with Crippen LogP contribution < -0.4 is 10.7 Å². The molecule has 1 aromatic carbocycles. The number of halogens is 3. The van der Waals surface area contributed by atoms with E-state index in [0.29, 0.717) is 0 Å². The third kappa shape index (κ3) is 3.90. The number of rotatable bonds is 4. The van der Waals surface area contributed by atoms with Crippen LogP contribution in [0.15, 0.2) is 35.1 Å². The van der Waals surface area contributed by atoms with Crippen LogP contribution in [0, 0.1) is 6.92 Å². The summed E-state index contributed by atoms with van der Waals surface area (Å²) in [7, 11) is 0. The molecular weight excluding hydrogens is 355 g/mol. The van der Waals surface area contributed by atoms with Gasteiger partial charge in [0.1, 0.15) is 6.04 Å². The molecule has 0 radical (unpaired) electrons. The molecule has 0 saturated heterocycles. The van der Waals surface area contributed by atoms with Crippen molar-refractivity contribution in [2.75, 3.05) is 0 Å². The SMILES string of the molecule is Cc1cc(=O)c(C(=O)NC(C)C(=O)O)nn1-c1ccccc1C(F)(F)F. The number of hydrogen-bond donors (Lipinski definition) is 2. The number of carbonyl (C=O) groups excluding carboxylic acids is 1. The van der Waals surface area contributed by atoms with E-state index in [4.69, 9.17) is 5.11 Å². The lowest BCUT2D eigenvalue weighted by molar-refractivity contribution is -0.139. The molecule has 138 valence electrons. The highest BCUT2D eigenvalue weighted by Crippen LogP contribution is 2.33. The van der Waals surface area contributed by atoms with Crippen LogP contribution in [0.5, 0.6) is 0 Å². The molecule has 10 heteroatoms. The van der Waals surface area contributed by atoms with E-state index in [1.807, 2.05) is 5.32 Å². The second-order valence-corrected chi connectivity index (χ2v) is 5.46. The molecule has 0 spiro atoms. The predicted octanol–water partition coefficient (Wildman–Crippen LogP) is 1.76. The van der Waals surface area contributed by atoms with Crippen molar-refractivity contribution < 1.29 is 27.9 Å². The highest BCUT2D eigenvalue weighted by molar-refractivity contribution is 5.94. The highest BCUT2D eigenvalue weighted by atomic mass is 19.4. The number of amides is 1. The lowest BCUT2D eigenvalue weighted by Gasteiger charge is -2.17. The summed E-state index contributed by atoms with van der Waals surface area (Å²) in [5, 5.41) is 14.6. The number of carbonyl (C=O) groups is 2. The summed E-state index contributed by atoms with van der Waals surface area (Å²) in [5.41, 5.74) is -2.82. The van der Waals surface area contributed by atoms with Crippen LogP contribution in [0.1, 0.15) is 28.7 Å².